The van der Waals surface area contributed by atoms with Crippen molar-refractivity contribution in [3.8, 4) is 5.75 Å². The molecule has 1 aromatic heterocycles. The molecule has 0 spiro atoms. The number of carbonyl (C=O) groups is 3. The number of ketones is 1. The van der Waals surface area contributed by atoms with Gasteiger partial charge < -0.3 is 14.2 Å². The van der Waals surface area contributed by atoms with E-state index >= 15 is 0 Å². The molecule has 0 N–H and O–H groups in total. The molecule has 3 heterocycles. The maximum atomic E-state index is 13.6. The van der Waals surface area contributed by atoms with Crippen LogP contribution in [0.25, 0.3) is 0 Å². The lowest BCUT2D eigenvalue weighted by Crippen LogP contribution is -2.51. The molecule has 0 atom stereocenters. The SMILES string of the molecule is COc1c(C)cnc(CN2N=C3C(N(C(=O)OC(C)(C)C)C(=O)OC(C)(C)C)=NSCC4=C3C(=N2)C(C)(C)C4=O)c1C. The number of hydrazone groups is 2. The van der Waals surface area contributed by atoms with Gasteiger partial charge in [0, 0.05) is 34.2 Å². The minimum Gasteiger partial charge on any atom is -0.496 e. The molecule has 1 aliphatic carbocycles. The van der Waals surface area contributed by atoms with Crippen molar-refractivity contribution in [3.05, 3.63) is 34.2 Å². The van der Waals surface area contributed by atoms with E-state index in [0.717, 1.165) is 28.0 Å². The Hall–Kier alpha value is -3.74. The number of hydrogen-bond donors (Lipinski definition) is 0. The van der Waals surface area contributed by atoms with E-state index in [1.807, 2.05) is 13.8 Å². The standard InChI is InChI=1S/C29H38N6O6S/c1-15-12-30-18(16(2)21(15)39-11)13-34-31-20-19-17(23(36)29(9,10)22(19)32-34)14-42-33-24(20)35(25(37)40-27(3,4)5)26(38)41-28(6,7)8/h12H,13-14H2,1-11H3. The maximum absolute atomic E-state index is 13.6. The highest BCUT2D eigenvalue weighted by Gasteiger charge is 2.52. The Morgan fingerprint density at radius 3 is 2.19 bits per heavy atom. The molecular formula is C29H38N6O6S. The molecule has 2 amide bonds. The van der Waals surface area contributed by atoms with Gasteiger partial charge in [-0.3, -0.25) is 9.78 Å². The quantitative estimate of drug-likeness (QED) is 0.421. The summed E-state index contributed by atoms with van der Waals surface area (Å²) in [6.45, 7) is 17.7. The Morgan fingerprint density at radius 2 is 1.64 bits per heavy atom. The van der Waals surface area contributed by atoms with Crippen LogP contribution in [0.15, 0.2) is 31.9 Å². The highest BCUT2D eigenvalue weighted by molar-refractivity contribution is 7.98. The van der Waals surface area contributed by atoms with Crippen molar-refractivity contribution in [2.24, 2.45) is 20.0 Å². The minimum atomic E-state index is -0.983. The molecule has 3 aliphatic rings. The molecule has 0 saturated carbocycles. The highest BCUT2D eigenvalue weighted by atomic mass is 32.2. The van der Waals surface area contributed by atoms with Crippen LogP contribution in [0.3, 0.4) is 0 Å². The molecule has 0 bridgehead atoms. The van der Waals surface area contributed by atoms with Crippen LogP contribution < -0.4 is 4.74 Å². The van der Waals surface area contributed by atoms with Crippen molar-refractivity contribution in [2.75, 3.05) is 12.9 Å². The number of methoxy groups -OCH3 is 1. The van der Waals surface area contributed by atoms with Crippen LogP contribution in [0.2, 0.25) is 0 Å². The Balaban J connectivity index is 1.88. The first-order valence-electron chi connectivity index (χ1n) is 13.5. The normalized spacial score (nSPS) is 18.0. The second-order valence-electron chi connectivity index (χ2n) is 12.8. The average Bonchev–Trinajstić information content (AvgIpc) is 2.95. The molecule has 226 valence electrons. The van der Waals surface area contributed by atoms with Crippen LogP contribution in [0.4, 0.5) is 9.59 Å². The van der Waals surface area contributed by atoms with Gasteiger partial charge in [0.1, 0.15) is 29.2 Å². The van der Waals surface area contributed by atoms with Crippen molar-refractivity contribution in [2.45, 2.75) is 87.0 Å². The molecular weight excluding hydrogens is 560 g/mol. The molecule has 2 aliphatic heterocycles. The van der Waals surface area contributed by atoms with E-state index in [2.05, 4.69) is 9.38 Å². The van der Waals surface area contributed by atoms with Crippen LogP contribution in [0.1, 0.15) is 72.2 Å². The summed E-state index contributed by atoms with van der Waals surface area (Å²) in [6, 6.07) is 0. The van der Waals surface area contributed by atoms with E-state index in [1.165, 1.54) is 5.12 Å². The highest BCUT2D eigenvalue weighted by Crippen LogP contribution is 2.42. The van der Waals surface area contributed by atoms with Crippen molar-refractivity contribution in [1.82, 2.24) is 15.0 Å². The van der Waals surface area contributed by atoms with Gasteiger partial charge in [-0.15, -0.1) is 0 Å². The maximum Gasteiger partial charge on any atom is 0.425 e. The number of rotatable bonds is 3. The number of nitrogens with zero attached hydrogens (tertiary/aromatic N) is 6. The van der Waals surface area contributed by atoms with E-state index in [-0.39, 0.29) is 29.6 Å². The predicted molar refractivity (Wildman–Crippen MR) is 161 cm³/mol. The lowest BCUT2D eigenvalue weighted by atomic mass is 9.85. The lowest BCUT2D eigenvalue weighted by molar-refractivity contribution is -0.119. The van der Waals surface area contributed by atoms with Crippen molar-refractivity contribution < 1.29 is 28.6 Å². The monoisotopic (exact) mass is 598 g/mol. The Morgan fingerprint density at radius 1 is 1.05 bits per heavy atom. The molecule has 1 aromatic rings. The van der Waals surface area contributed by atoms with E-state index in [4.69, 9.17) is 24.4 Å². The summed E-state index contributed by atoms with van der Waals surface area (Å²) in [4.78, 5) is 46.1. The number of hydrogen-bond acceptors (Lipinski definition) is 12. The third-order valence-electron chi connectivity index (χ3n) is 6.62. The second kappa shape index (κ2) is 10.8. The molecule has 4 rings (SSSR count). The van der Waals surface area contributed by atoms with Crippen LogP contribution >= 0.6 is 11.9 Å². The van der Waals surface area contributed by atoms with Crippen molar-refractivity contribution in [1.29, 1.82) is 0 Å². The zero-order valence-corrected chi connectivity index (χ0v) is 26.8. The summed E-state index contributed by atoms with van der Waals surface area (Å²) in [5.41, 5.74) is 1.05. The first kappa shape index (κ1) is 31.2. The van der Waals surface area contributed by atoms with Gasteiger partial charge in [-0.25, -0.2) is 9.59 Å². The Bertz CT molecular complexity index is 1450. The number of aryl methyl sites for hydroxylation is 1. The van der Waals surface area contributed by atoms with E-state index < -0.39 is 28.8 Å². The fourth-order valence-electron chi connectivity index (χ4n) is 4.73. The van der Waals surface area contributed by atoms with Gasteiger partial charge in [0.2, 0.25) is 0 Å². The van der Waals surface area contributed by atoms with E-state index in [1.54, 1.807) is 68.7 Å². The molecule has 0 fully saturated rings. The number of amides is 2. The largest absolute Gasteiger partial charge is 0.496 e. The number of pyridine rings is 1. The number of Topliss-reactive ketones (excluding diaryl/α,β-unsaturated/α-hetero) is 1. The number of carbonyl (C=O) groups excluding carboxylic acids is 3. The molecule has 12 nitrogen and oxygen atoms in total. The molecule has 13 heteroatoms. The molecule has 0 radical (unpaired) electrons. The van der Waals surface area contributed by atoms with Crippen molar-refractivity contribution >= 4 is 47.2 Å². The fourth-order valence-corrected chi connectivity index (χ4v) is 5.49. The lowest BCUT2D eigenvalue weighted by Gasteiger charge is -2.31. The van der Waals surface area contributed by atoms with Gasteiger partial charge >= 0.3 is 12.2 Å². The van der Waals surface area contributed by atoms with Crippen LogP contribution in [-0.2, 0) is 20.8 Å². The number of ether oxygens (including phenoxy) is 3. The number of imide groups is 1. The third kappa shape index (κ3) is 5.92. The Labute approximate surface area is 250 Å². The van der Waals surface area contributed by atoms with Gasteiger partial charge in [0.05, 0.1) is 23.9 Å². The van der Waals surface area contributed by atoms with Gasteiger partial charge in [-0.1, -0.05) is 0 Å². The van der Waals surface area contributed by atoms with Gasteiger partial charge in [-0.05, 0) is 81.2 Å². The first-order valence-corrected chi connectivity index (χ1v) is 14.5. The number of aromatic nitrogens is 1. The van der Waals surface area contributed by atoms with Gasteiger partial charge in [0.25, 0.3) is 0 Å². The summed E-state index contributed by atoms with van der Waals surface area (Å²) in [6.07, 6.45) is -0.259. The zero-order chi connectivity index (χ0) is 31.4. The van der Waals surface area contributed by atoms with Crippen molar-refractivity contribution in [3.63, 3.8) is 0 Å². The Kier molecular flexibility index (Phi) is 8.04. The van der Waals surface area contributed by atoms with E-state index in [0.29, 0.717) is 28.3 Å². The molecule has 0 unspecified atom stereocenters. The summed E-state index contributed by atoms with van der Waals surface area (Å²) in [5, 5.41) is 10.9. The summed E-state index contributed by atoms with van der Waals surface area (Å²) < 4.78 is 21.3. The van der Waals surface area contributed by atoms with Gasteiger partial charge in [-0.2, -0.15) is 24.6 Å². The predicted octanol–water partition coefficient (Wildman–Crippen LogP) is 5.37. The van der Waals surface area contributed by atoms with Crippen LogP contribution in [0, 0.1) is 19.3 Å². The summed E-state index contributed by atoms with van der Waals surface area (Å²) in [7, 11) is 1.60. The smallest absolute Gasteiger partial charge is 0.425 e. The zero-order valence-electron chi connectivity index (χ0n) is 26.0. The first-order chi connectivity index (χ1) is 19.4. The van der Waals surface area contributed by atoms with Crippen LogP contribution in [0.5, 0.6) is 5.75 Å². The topological polar surface area (TPSA) is 135 Å². The molecule has 0 aromatic carbocycles. The molecule has 42 heavy (non-hydrogen) atoms. The summed E-state index contributed by atoms with van der Waals surface area (Å²) in [5.74, 6) is 0.682. The number of amidine groups is 1. The minimum absolute atomic E-state index is 0.109. The second-order valence-corrected chi connectivity index (χ2v) is 13.5. The average molecular weight is 599 g/mol. The molecule has 0 saturated heterocycles. The third-order valence-corrected chi connectivity index (χ3v) is 7.34. The summed E-state index contributed by atoms with van der Waals surface area (Å²) >= 11 is 1.04. The van der Waals surface area contributed by atoms with E-state index in [9.17, 15) is 14.4 Å². The van der Waals surface area contributed by atoms with Gasteiger partial charge in [0.15, 0.2) is 11.6 Å². The fraction of sp³-hybridized carbons (Fsp3) is 0.552. The van der Waals surface area contributed by atoms with Crippen LogP contribution in [-0.4, -0.2) is 74.3 Å².